The van der Waals surface area contributed by atoms with Crippen molar-refractivity contribution in [1.29, 1.82) is 0 Å². The van der Waals surface area contributed by atoms with E-state index in [4.69, 9.17) is 18.9 Å². The molecule has 13 heteroatoms. The Labute approximate surface area is 326 Å². The number of amides is 2. The van der Waals surface area contributed by atoms with Gasteiger partial charge in [0.1, 0.15) is 17.0 Å². The maximum atomic E-state index is 15.7. The van der Waals surface area contributed by atoms with Gasteiger partial charge < -0.3 is 34.7 Å². The fourth-order valence-corrected chi connectivity index (χ4v) is 7.01. The van der Waals surface area contributed by atoms with Crippen LogP contribution in [0, 0.1) is 17.0 Å². The molecule has 1 saturated carbocycles. The minimum atomic E-state index is -1.23. The van der Waals surface area contributed by atoms with Crippen molar-refractivity contribution in [1.82, 2.24) is 15.2 Å². The Kier molecular flexibility index (Phi) is 13.1. The van der Waals surface area contributed by atoms with Crippen molar-refractivity contribution < 1.29 is 42.4 Å². The van der Waals surface area contributed by atoms with Crippen molar-refractivity contribution in [2.45, 2.75) is 83.5 Å². The molecule has 1 aromatic heterocycles. The van der Waals surface area contributed by atoms with Crippen molar-refractivity contribution in [2.24, 2.45) is 5.41 Å². The molecule has 3 aromatic carbocycles. The van der Waals surface area contributed by atoms with Crippen LogP contribution in [0.3, 0.4) is 0 Å². The lowest BCUT2D eigenvalue weighted by Gasteiger charge is -2.36. The third-order valence-electron chi connectivity index (χ3n) is 10.7. The SMILES string of the molecule is CCCC(NC(=O)C1(C(=O)Nc2ccc(F)cc2)CC1)c1ccc(Oc2ccnc3cc(OCCCN4CCOC(CC(C)(O)CC)C4)c(OC)cc23)c(F)c1. The van der Waals surface area contributed by atoms with Crippen molar-refractivity contribution in [3.8, 4) is 23.0 Å². The summed E-state index contributed by atoms with van der Waals surface area (Å²) in [5, 5.41) is 16.8. The smallest absolute Gasteiger partial charge is 0.240 e. The van der Waals surface area contributed by atoms with Crippen LogP contribution in [0.15, 0.2) is 66.9 Å². The van der Waals surface area contributed by atoms with E-state index in [1.165, 1.54) is 36.4 Å². The summed E-state index contributed by atoms with van der Waals surface area (Å²) in [6.45, 7) is 9.30. The molecule has 2 aliphatic rings. The summed E-state index contributed by atoms with van der Waals surface area (Å²) in [6, 6.07) is 14.6. The van der Waals surface area contributed by atoms with Gasteiger partial charge in [0.2, 0.25) is 11.8 Å². The lowest BCUT2D eigenvalue weighted by Crippen LogP contribution is -2.46. The molecule has 2 fully saturated rings. The Hall–Kier alpha value is -4.85. The molecule has 300 valence electrons. The van der Waals surface area contributed by atoms with Crippen LogP contribution in [0.5, 0.6) is 23.0 Å². The number of pyridine rings is 1. The molecule has 3 atom stereocenters. The third-order valence-corrected chi connectivity index (χ3v) is 10.7. The number of nitrogens with zero attached hydrogens (tertiary/aromatic N) is 2. The number of fused-ring (bicyclic) bond motifs is 1. The van der Waals surface area contributed by atoms with Crippen LogP contribution in [0.1, 0.15) is 77.3 Å². The van der Waals surface area contributed by atoms with E-state index in [1.807, 2.05) is 20.8 Å². The number of rotatable bonds is 18. The number of benzene rings is 3. The highest BCUT2D eigenvalue weighted by Gasteiger charge is 2.56. The monoisotopic (exact) mass is 774 g/mol. The molecule has 1 aliphatic carbocycles. The Morgan fingerprint density at radius 2 is 1.82 bits per heavy atom. The third kappa shape index (κ3) is 9.93. The number of aromatic nitrogens is 1. The van der Waals surface area contributed by atoms with E-state index < -0.39 is 40.5 Å². The molecular formula is C43H52F2N4O7. The molecule has 0 radical (unpaired) electrons. The van der Waals surface area contributed by atoms with Crippen LogP contribution in [-0.4, -0.2) is 78.5 Å². The number of nitrogens with one attached hydrogen (secondary N) is 2. The van der Waals surface area contributed by atoms with Crippen LogP contribution in [0.25, 0.3) is 10.9 Å². The van der Waals surface area contributed by atoms with Gasteiger partial charge in [-0.1, -0.05) is 26.3 Å². The standard InChI is InChI=1S/C43H52F2N4O7/c1-5-8-34(48-41(51)43(16-17-43)40(50)47-30-12-10-29(44)11-13-30)28-9-14-37(33(45)23-28)56-36-15-18-46-35-25-39(38(53-4)24-32(35)36)55-21-7-19-49-20-22-54-31(27-49)26-42(3,52)6-2/h9-15,18,23-25,31,34,52H,5-8,16-17,19-22,26-27H2,1-4H3,(H,47,50)(H,48,51). The number of carbonyl (C=O) groups excluding carboxylic acids is 2. The average Bonchev–Trinajstić information content (AvgIpc) is 4.00. The summed E-state index contributed by atoms with van der Waals surface area (Å²) in [6.07, 6.45) is 5.63. The maximum absolute atomic E-state index is 15.7. The van der Waals surface area contributed by atoms with Gasteiger partial charge in [-0.2, -0.15) is 0 Å². The van der Waals surface area contributed by atoms with Crippen LogP contribution in [0.4, 0.5) is 14.5 Å². The molecule has 1 aliphatic heterocycles. The molecule has 2 amide bonds. The first-order chi connectivity index (χ1) is 26.9. The summed E-state index contributed by atoms with van der Waals surface area (Å²) >= 11 is 0. The first-order valence-electron chi connectivity index (χ1n) is 19.4. The Morgan fingerprint density at radius 3 is 2.52 bits per heavy atom. The number of morpholine rings is 1. The largest absolute Gasteiger partial charge is 0.493 e. The topological polar surface area (TPSA) is 131 Å². The van der Waals surface area contributed by atoms with Crippen LogP contribution >= 0.6 is 0 Å². The highest BCUT2D eigenvalue weighted by Crippen LogP contribution is 2.47. The van der Waals surface area contributed by atoms with Crippen molar-refractivity contribution >= 4 is 28.4 Å². The molecule has 1 saturated heterocycles. The zero-order chi connectivity index (χ0) is 39.9. The van der Waals surface area contributed by atoms with Crippen molar-refractivity contribution in [2.75, 3.05) is 45.3 Å². The van der Waals surface area contributed by atoms with Crippen LogP contribution in [0.2, 0.25) is 0 Å². The number of halogens is 2. The second-order valence-electron chi connectivity index (χ2n) is 15.0. The normalized spacial score (nSPS) is 18.1. The molecular weight excluding hydrogens is 722 g/mol. The van der Waals surface area contributed by atoms with E-state index in [1.54, 1.807) is 37.6 Å². The van der Waals surface area contributed by atoms with Gasteiger partial charge in [-0.3, -0.25) is 19.5 Å². The summed E-state index contributed by atoms with van der Waals surface area (Å²) in [4.78, 5) is 33.4. The van der Waals surface area contributed by atoms with Gasteiger partial charge >= 0.3 is 0 Å². The predicted octanol–water partition coefficient (Wildman–Crippen LogP) is 7.71. The number of ether oxygens (including phenoxy) is 4. The highest BCUT2D eigenvalue weighted by molar-refractivity contribution is 6.13. The number of carbonyl (C=O) groups is 2. The van der Waals surface area contributed by atoms with Gasteiger partial charge in [0.15, 0.2) is 23.1 Å². The predicted molar refractivity (Wildman–Crippen MR) is 209 cm³/mol. The molecule has 0 spiro atoms. The van der Waals surface area contributed by atoms with Crippen LogP contribution < -0.4 is 24.8 Å². The Morgan fingerprint density at radius 1 is 1.04 bits per heavy atom. The van der Waals surface area contributed by atoms with E-state index in [0.29, 0.717) is 91.1 Å². The van der Waals surface area contributed by atoms with E-state index in [2.05, 4.69) is 20.5 Å². The minimum Gasteiger partial charge on any atom is -0.493 e. The number of hydrogen-bond acceptors (Lipinski definition) is 9. The Balaban J connectivity index is 1.08. The highest BCUT2D eigenvalue weighted by atomic mass is 19.1. The summed E-state index contributed by atoms with van der Waals surface area (Å²) in [5.74, 6) is -0.555. The lowest BCUT2D eigenvalue weighted by molar-refractivity contribution is -0.135. The summed E-state index contributed by atoms with van der Waals surface area (Å²) in [5.41, 5.74) is -0.450. The summed E-state index contributed by atoms with van der Waals surface area (Å²) in [7, 11) is 1.55. The van der Waals surface area contributed by atoms with Crippen molar-refractivity contribution in [3.05, 3.63) is 84.1 Å². The van der Waals surface area contributed by atoms with Gasteiger partial charge in [0.05, 0.1) is 43.6 Å². The summed E-state index contributed by atoms with van der Waals surface area (Å²) < 4.78 is 52.9. The second-order valence-corrected chi connectivity index (χ2v) is 15.0. The molecule has 2 heterocycles. The van der Waals surface area contributed by atoms with E-state index in [9.17, 15) is 19.1 Å². The quantitative estimate of drug-likeness (QED) is 0.0688. The van der Waals surface area contributed by atoms with Crippen LogP contribution in [-0.2, 0) is 14.3 Å². The first-order valence-corrected chi connectivity index (χ1v) is 19.4. The number of hydrogen-bond donors (Lipinski definition) is 3. The first kappa shape index (κ1) is 40.8. The van der Waals surface area contributed by atoms with Gasteiger partial charge in [0.25, 0.3) is 0 Å². The van der Waals surface area contributed by atoms with E-state index in [0.717, 1.165) is 26.1 Å². The number of methoxy groups -OCH3 is 1. The molecule has 0 bridgehead atoms. The zero-order valence-electron chi connectivity index (χ0n) is 32.5. The fraction of sp³-hybridized carbons (Fsp3) is 0.465. The van der Waals surface area contributed by atoms with E-state index in [-0.39, 0.29) is 11.9 Å². The zero-order valence-corrected chi connectivity index (χ0v) is 32.5. The second kappa shape index (κ2) is 18.0. The van der Waals surface area contributed by atoms with Gasteiger partial charge in [0, 0.05) is 49.4 Å². The molecule has 56 heavy (non-hydrogen) atoms. The molecule has 3 N–H and O–H groups in total. The molecule has 11 nitrogen and oxygen atoms in total. The lowest BCUT2D eigenvalue weighted by atomic mass is 9.95. The molecule has 6 rings (SSSR count). The number of anilines is 1. The molecule has 3 unspecified atom stereocenters. The van der Waals surface area contributed by atoms with Gasteiger partial charge in [-0.25, -0.2) is 8.78 Å². The molecule has 4 aromatic rings. The average molecular weight is 775 g/mol. The fourth-order valence-electron chi connectivity index (χ4n) is 7.01. The van der Waals surface area contributed by atoms with Crippen molar-refractivity contribution in [3.63, 3.8) is 0 Å². The minimum absolute atomic E-state index is 0.00234. The van der Waals surface area contributed by atoms with Gasteiger partial charge in [-0.15, -0.1) is 0 Å². The Bertz CT molecular complexity index is 1990. The maximum Gasteiger partial charge on any atom is 0.240 e. The van der Waals surface area contributed by atoms with E-state index >= 15 is 4.39 Å². The number of aliphatic hydroxyl groups is 1. The van der Waals surface area contributed by atoms with Gasteiger partial charge in [-0.05, 0) is 93.1 Å².